The van der Waals surface area contributed by atoms with E-state index < -0.39 is 10.0 Å². The molecule has 1 aromatic carbocycles. The molecule has 0 aliphatic heterocycles. The molecular formula is C12H18N2O3S. The topological polar surface area (TPSA) is 89.3 Å². The molecule has 1 rings (SSSR count). The number of primary sulfonamides is 1. The van der Waals surface area contributed by atoms with Crippen molar-refractivity contribution in [1.29, 1.82) is 0 Å². The van der Waals surface area contributed by atoms with Crippen LogP contribution in [0.25, 0.3) is 0 Å². The molecular weight excluding hydrogens is 252 g/mol. The molecule has 0 unspecified atom stereocenters. The second-order valence-electron chi connectivity index (χ2n) is 4.14. The fraction of sp³-hybridized carbons (Fsp3) is 0.417. The first-order valence-electron chi connectivity index (χ1n) is 5.70. The number of rotatable bonds is 6. The highest BCUT2D eigenvalue weighted by molar-refractivity contribution is 7.89. The van der Waals surface area contributed by atoms with Gasteiger partial charge >= 0.3 is 0 Å². The van der Waals surface area contributed by atoms with Crippen LogP contribution in [-0.4, -0.2) is 26.6 Å². The molecule has 3 N–H and O–H groups in total. The van der Waals surface area contributed by atoms with Crippen molar-refractivity contribution in [3.05, 3.63) is 35.4 Å². The van der Waals surface area contributed by atoms with Gasteiger partial charge in [0.05, 0.1) is 5.75 Å². The van der Waals surface area contributed by atoms with Gasteiger partial charge in [0.2, 0.25) is 15.9 Å². The highest BCUT2D eigenvalue weighted by Gasteiger charge is 2.06. The molecule has 0 atom stereocenters. The molecule has 0 heterocycles. The van der Waals surface area contributed by atoms with Gasteiger partial charge in [0.1, 0.15) is 0 Å². The monoisotopic (exact) mass is 270 g/mol. The SMILES string of the molecule is Cc1ccccc1CCC(=O)NCCS(N)(=O)=O. The molecule has 0 saturated heterocycles. The molecule has 0 radical (unpaired) electrons. The summed E-state index contributed by atoms with van der Waals surface area (Å²) in [4.78, 5) is 11.5. The summed E-state index contributed by atoms with van der Waals surface area (Å²) in [5, 5.41) is 7.36. The number of nitrogens with two attached hydrogens (primary N) is 1. The molecule has 18 heavy (non-hydrogen) atoms. The number of amides is 1. The van der Waals surface area contributed by atoms with Crippen molar-refractivity contribution >= 4 is 15.9 Å². The number of carbonyl (C=O) groups excluding carboxylic acids is 1. The summed E-state index contributed by atoms with van der Waals surface area (Å²) in [7, 11) is -3.51. The molecule has 5 nitrogen and oxygen atoms in total. The number of sulfonamides is 1. The van der Waals surface area contributed by atoms with Crippen molar-refractivity contribution in [2.24, 2.45) is 5.14 Å². The highest BCUT2D eigenvalue weighted by atomic mass is 32.2. The van der Waals surface area contributed by atoms with E-state index in [1.54, 1.807) is 0 Å². The second kappa shape index (κ2) is 6.51. The van der Waals surface area contributed by atoms with Gasteiger partial charge < -0.3 is 5.32 Å². The predicted molar refractivity (Wildman–Crippen MR) is 70.5 cm³/mol. The van der Waals surface area contributed by atoms with Crippen LogP contribution in [0.2, 0.25) is 0 Å². The molecule has 1 amide bonds. The average molecular weight is 270 g/mol. The van der Waals surface area contributed by atoms with Gasteiger partial charge in [0.15, 0.2) is 0 Å². The van der Waals surface area contributed by atoms with Crippen LogP contribution in [0.3, 0.4) is 0 Å². The number of hydrogen-bond donors (Lipinski definition) is 2. The van der Waals surface area contributed by atoms with E-state index >= 15 is 0 Å². The Morgan fingerprint density at radius 2 is 2.00 bits per heavy atom. The molecule has 0 bridgehead atoms. The largest absolute Gasteiger partial charge is 0.355 e. The van der Waals surface area contributed by atoms with Crippen molar-refractivity contribution in [2.75, 3.05) is 12.3 Å². The number of nitrogens with one attached hydrogen (secondary N) is 1. The Morgan fingerprint density at radius 3 is 2.61 bits per heavy atom. The number of benzene rings is 1. The zero-order valence-electron chi connectivity index (χ0n) is 10.3. The lowest BCUT2D eigenvalue weighted by molar-refractivity contribution is -0.120. The van der Waals surface area contributed by atoms with Gasteiger partial charge in [-0.15, -0.1) is 0 Å². The molecule has 0 saturated carbocycles. The fourth-order valence-corrected chi connectivity index (χ4v) is 1.95. The maximum absolute atomic E-state index is 11.5. The lowest BCUT2D eigenvalue weighted by Gasteiger charge is -2.06. The zero-order chi connectivity index (χ0) is 13.6. The van der Waals surface area contributed by atoms with E-state index in [0.29, 0.717) is 12.8 Å². The van der Waals surface area contributed by atoms with Crippen molar-refractivity contribution in [2.45, 2.75) is 19.8 Å². The van der Waals surface area contributed by atoms with Gasteiger partial charge in [-0.2, -0.15) is 0 Å². The maximum Gasteiger partial charge on any atom is 0.220 e. The second-order valence-corrected chi connectivity index (χ2v) is 5.88. The van der Waals surface area contributed by atoms with Gasteiger partial charge in [-0.3, -0.25) is 4.79 Å². The molecule has 0 spiro atoms. The molecule has 1 aromatic rings. The fourth-order valence-electron chi connectivity index (χ4n) is 1.56. The predicted octanol–water partition coefficient (Wildman–Crippen LogP) is 0.332. The van der Waals surface area contributed by atoms with E-state index in [-0.39, 0.29) is 18.2 Å². The Balaban J connectivity index is 2.32. The molecule has 0 fully saturated rings. The van der Waals surface area contributed by atoms with Crippen LogP contribution in [0.4, 0.5) is 0 Å². The van der Waals surface area contributed by atoms with Gasteiger partial charge in [0.25, 0.3) is 0 Å². The molecule has 6 heteroatoms. The number of carbonyl (C=O) groups is 1. The Labute approximate surface area is 107 Å². The summed E-state index contributed by atoms with van der Waals surface area (Å²) < 4.78 is 21.3. The Hall–Kier alpha value is -1.40. The van der Waals surface area contributed by atoms with E-state index in [2.05, 4.69) is 5.32 Å². The maximum atomic E-state index is 11.5. The third-order valence-electron chi connectivity index (χ3n) is 2.59. The summed E-state index contributed by atoms with van der Waals surface area (Å²) in [6, 6.07) is 7.85. The number of aryl methyl sites for hydroxylation is 2. The minimum Gasteiger partial charge on any atom is -0.355 e. The van der Waals surface area contributed by atoms with Gasteiger partial charge in [0, 0.05) is 13.0 Å². The van der Waals surface area contributed by atoms with Crippen LogP contribution in [-0.2, 0) is 21.2 Å². The van der Waals surface area contributed by atoms with Crippen molar-refractivity contribution in [3.8, 4) is 0 Å². The zero-order valence-corrected chi connectivity index (χ0v) is 11.2. The first-order chi connectivity index (χ1) is 8.38. The minimum atomic E-state index is -3.51. The van der Waals surface area contributed by atoms with Crippen molar-refractivity contribution in [1.82, 2.24) is 5.32 Å². The first-order valence-corrected chi connectivity index (χ1v) is 7.42. The van der Waals surface area contributed by atoms with Crippen molar-refractivity contribution in [3.63, 3.8) is 0 Å². The quantitative estimate of drug-likeness (QED) is 0.780. The van der Waals surface area contributed by atoms with Gasteiger partial charge in [-0.05, 0) is 24.5 Å². The summed E-state index contributed by atoms with van der Waals surface area (Å²) in [5.41, 5.74) is 2.27. The van der Waals surface area contributed by atoms with Crippen LogP contribution in [0.15, 0.2) is 24.3 Å². The van der Waals surface area contributed by atoms with Crippen LogP contribution >= 0.6 is 0 Å². The lowest BCUT2D eigenvalue weighted by Crippen LogP contribution is -2.31. The number of hydrogen-bond acceptors (Lipinski definition) is 3. The van der Waals surface area contributed by atoms with Gasteiger partial charge in [-0.25, -0.2) is 13.6 Å². The van der Waals surface area contributed by atoms with E-state index in [9.17, 15) is 13.2 Å². The third-order valence-corrected chi connectivity index (χ3v) is 3.36. The summed E-state index contributed by atoms with van der Waals surface area (Å²) >= 11 is 0. The smallest absolute Gasteiger partial charge is 0.220 e. The Kier molecular flexibility index (Phi) is 5.30. The van der Waals surface area contributed by atoms with Crippen molar-refractivity contribution < 1.29 is 13.2 Å². The van der Waals surface area contributed by atoms with Crippen LogP contribution in [0, 0.1) is 6.92 Å². The van der Waals surface area contributed by atoms with Crippen LogP contribution in [0.1, 0.15) is 17.5 Å². The van der Waals surface area contributed by atoms with E-state index in [1.807, 2.05) is 31.2 Å². The summed E-state index contributed by atoms with van der Waals surface area (Å²) in [6.07, 6.45) is 0.989. The Morgan fingerprint density at radius 1 is 1.33 bits per heavy atom. The van der Waals surface area contributed by atoms with Crippen LogP contribution in [0.5, 0.6) is 0 Å². The molecule has 0 aliphatic carbocycles. The third kappa shape index (κ3) is 5.79. The molecule has 0 aromatic heterocycles. The van der Waals surface area contributed by atoms with Crippen LogP contribution < -0.4 is 10.5 Å². The average Bonchev–Trinajstić information content (AvgIpc) is 2.26. The molecule has 0 aliphatic rings. The highest BCUT2D eigenvalue weighted by Crippen LogP contribution is 2.09. The van der Waals surface area contributed by atoms with E-state index in [4.69, 9.17) is 5.14 Å². The van der Waals surface area contributed by atoms with E-state index in [1.165, 1.54) is 0 Å². The standard InChI is InChI=1S/C12H18N2O3S/c1-10-4-2-3-5-11(10)6-7-12(15)14-8-9-18(13,16)17/h2-5H,6-9H2,1H3,(H,14,15)(H2,13,16,17). The van der Waals surface area contributed by atoms with Gasteiger partial charge in [-0.1, -0.05) is 24.3 Å². The minimum absolute atomic E-state index is 0.0610. The summed E-state index contributed by atoms with van der Waals surface area (Å²) in [5.74, 6) is -0.398. The van der Waals surface area contributed by atoms with E-state index in [0.717, 1.165) is 11.1 Å². The molecule has 100 valence electrons. The summed E-state index contributed by atoms with van der Waals surface area (Å²) in [6.45, 7) is 2.06. The first kappa shape index (κ1) is 14.7. The lowest BCUT2D eigenvalue weighted by atomic mass is 10.0. The normalized spacial score (nSPS) is 11.2. The Bertz CT molecular complexity index is 512.